The van der Waals surface area contributed by atoms with Crippen molar-refractivity contribution in [1.29, 1.82) is 0 Å². The Balaban J connectivity index is 1.80. The summed E-state index contributed by atoms with van der Waals surface area (Å²) in [7, 11) is -3.93. The molecule has 162 valence electrons. The largest absolute Gasteiger partial charge is 0.324 e. The molecule has 4 rings (SSSR count). The van der Waals surface area contributed by atoms with Gasteiger partial charge in [0, 0.05) is 23.9 Å². The SMILES string of the molecule is CC(C)c1nc(-c2cccc(NS(=O)(=O)N3C=CSC3)c2F)c(-c2ccnc(Cl)n2)s1. The normalized spacial score (nSPS) is 13.9. The van der Waals surface area contributed by atoms with Crippen molar-refractivity contribution in [2.45, 2.75) is 19.8 Å². The number of nitrogens with one attached hydrogen (secondary N) is 1. The smallest absolute Gasteiger partial charge is 0.264 e. The molecule has 1 N–H and O–H groups in total. The molecule has 0 bridgehead atoms. The predicted molar refractivity (Wildman–Crippen MR) is 124 cm³/mol. The molecule has 0 spiro atoms. The maximum atomic E-state index is 15.5. The molecule has 0 unspecified atom stereocenters. The van der Waals surface area contributed by atoms with Crippen molar-refractivity contribution in [2.75, 3.05) is 10.6 Å². The van der Waals surface area contributed by atoms with Crippen LogP contribution in [0.1, 0.15) is 24.8 Å². The lowest BCUT2D eigenvalue weighted by molar-refractivity contribution is 0.541. The van der Waals surface area contributed by atoms with Crippen LogP contribution in [0.15, 0.2) is 42.1 Å². The van der Waals surface area contributed by atoms with Gasteiger partial charge < -0.3 is 0 Å². The molecular formula is C19H17ClFN5O2S3. The van der Waals surface area contributed by atoms with Gasteiger partial charge >= 0.3 is 10.2 Å². The van der Waals surface area contributed by atoms with Crippen LogP contribution in [0.4, 0.5) is 10.1 Å². The first kappa shape index (κ1) is 22.0. The van der Waals surface area contributed by atoms with Gasteiger partial charge in [-0.05, 0) is 35.2 Å². The lowest BCUT2D eigenvalue weighted by Crippen LogP contribution is -2.30. The number of rotatable bonds is 6. The fraction of sp³-hybridized carbons (Fsp3) is 0.211. The van der Waals surface area contributed by atoms with Gasteiger partial charge in [-0.3, -0.25) is 4.72 Å². The molecule has 1 aromatic carbocycles. The van der Waals surface area contributed by atoms with E-state index < -0.39 is 16.0 Å². The van der Waals surface area contributed by atoms with Crippen LogP contribution in [-0.2, 0) is 10.2 Å². The molecule has 31 heavy (non-hydrogen) atoms. The van der Waals surface area contributed by atoms with Crippen LogP contribution >= 0.6 is 34.7 Å². The summed E-state index contributed by atoms with van der Waals surface area (Å²) in [5.74, 6) is -0.373. The minimum Gasteiger partial charge on any atom is -0.264 e. The highest BCUT2D eigenvalue weighted by molar-refractivity contribution is 8.03. The molecule has 0 aliphatic carbocycles. The molecule has 0 saturated heterocycles. The first-order valence-corrected chi connectivity index (χ1v) is 12.8. The molecule has 0 saturated carbocycles. The van der Waals surface area contributed by atoms with E-state index in [0.29, 0.717) is 16.3 Å². The zero-order valence-corrected chi connectivity index (χ0v) is 19.6. The van der Waals surface area contributed by atoms with E-state index in [-0.39, 0.29) is 28.3 Å². The monoisotopic (exact) mass is 497 g/mol. The Morgan fingerprint density at radius 3 is 2.74 bits per heavy atom. The number of hydrogen-bond donors (Lipinski definition) is 1. The topological polar surface area (TPSA) is 88.1 Å². The average Bonchev–Trinajstić information content (AvgIpc) is 3.40. The second-order valence-corrected chi connectivity index (χ2v) is 10.7. The quantitative estimate of drug-likeness (QED) is 0.464. The van der Waals surface area contributed by atoms with E-state index in [1.807, 2.05) is 13.8 Å². The predicted octanol–water partition coefficient (Wildman–Crippen LogP) is 5.32. The Hall–Kier alpha value is -2.21. The van der Waals surface area contributed by atoms with E-state index >= 15 is 4.39 Å². The van der Waals surface area contributed by atoms with Crippen LogP contribution in [0.25, 0.3) is 21.8 Å². The van der Waals surface area contributed by atoms with E-state index in [2.05, 4.69) is 19.7 Å². The van der Waals surface area contributed by atoms with Crippen LogP contribution in [0.2, 0.25) is 5.28 Å². The maximum absolute atomic E-state index is 15.5. The van der Waals surface area contributed by atoms with Crippen LogP contribution in [0.5, 0.6) is 0 Å². The summed E-state index contributed by atoms with van der Waals surface area (Å²) in [5, 5.41) is 2.53. The number of nitrogens with zero attached hydrogens (tertiary/aromatic N) is 4. The van der Waals surface area contributed by atoms with Crippen molar-refractivity contribution in [3.8, 4) is 21.8 Å². The van der Waals surface area contributed by atoms with Crippen molar-refractivity contribution in [1.82, 2.24) is 19.3 Å². The lowest BCUT2D eigenvalue weighted by atomic mass is 10.1. The third-order valence-corrected chi connectivity index (χ3v) is 8.13. The molecular weight excluding hydrogens is 481 g/mol. The summed E-state index contributed by atoms with van der Waals surface area (Å²) in [4.78, 5) is 13.4. The minimum atomic E-state index is -3.93. The van der Waals surface area contributed by atoms with Crippen molar-refractivity contribution < 1.29 is 12.8 Å². The van der Waals surface area contributed by atoms with Gasteiger partial charge in [-0.15, -0.1) is 23.1 Å². The summed E-state index contributed by atoms with van der Waals surface area (Å²) in [6, 6.07) is 6.19. The van der Waals surface area contributed by atoms with E-state index in [4.69, 9.17) is 11.6 Å². The Morgan fingerprint density at radius 2 is 2.06 bits per heavy atom. The number of hydrogen-bond acceptors (Lipinski definition) is 7. The van der Waals surface area contributed by atoms with Gasteiger partial charge in [-0.2, -0.15) is 8.42 Å². The molecule has 0 atom stereocenters. The number of anilines is 1. The van der Waals surface area contributed by atoms with Gasteiger partial charge in [0.25, 0.3) is 0 Å². The molecule has 12 heteroatoms. The molecule has 0 amide bonds. The molecule has 0 radical (unpaired) electrons. The van der Waals surface area contributed by atoms with Gasteiger partial charge in [-0.1, -0.05) is 19.9 Å². The first-order chi connectivity index (χ1) is 14.8. The molecule has 0 fully saturated rings. The number of benzene rings is 1. The third kappa shape index (κ3) is 4.54. The van der Waals surface area contributed by atoms with E-state index in [1.165, 1.54) is 41.6 Å². The van der Waals surface area contributed by atoms with Gasteiger partial charge in [0.2, 0.25) is 5.28 Å². The number of halogens is 2. The zero-order chi connectivity index (χ0) is 22.2. The van der Waals surface area contributed by atoms with Crippen LogP contribution < -0.4 is 4.72 Å². The van der Waals surface area contributed by atoms with Crippen molar-refractivity contribution >= 4 is 50.6 Å². The second-order valence-electron chi connectivity index (χ2n) is 6.84. The Bertz CT molecular complexity index is 1260. The molecule has 1 aliphatic rings. The van der Waals surface area contributed by atoms with E-state index in [9.17, 15) is 8.42 Å². The van der Waals surface area contributed by atoms with Crippen LogP contribution in [0.3, 0.4) is 0 Å². The van der Waals surface area contributed by atoms with Crippen molar-refractivity contribution in [3.63, 3.8) is 0 Å². The summed E-state index contributed by atoms with van der Waals surface area (Å²) in [6.07, 6.45) is 2.95. The highest BCUT2D eigenvalue weighted by Crippen LogP contribution is 2.40. The van der Waals surface area contributed by atoms with Crippen LogP contribution in [0, 0.1) is 5.82 Å². The Kier molecular flexibility index (Phi) is 6.20. The molecule has 1 aliphatic heterocycles. The lowest BCUT2D eigenvalue weighted by Gasteiger charge is -2.17. The van der Waals surface area contributed by atoms with Crippen molar-refractivity contribution in [3.05, 3.63) is 58.2 Å². The first-order valence-electron chi connectivity index (χ1n) is 9.12. The Labute approximate surface area is 192 Å². The fourth-order valence-electron chi connectivity index (χ4n) is 2.81. The van der Waals surface area contributed by atoms with Crippen LogP contribution in [-0.4, -0.2) is 33.6 Å². The maximum Gasteiger partial charge on any atom is 0.324 e. The minimum absolute atomic E-state index is 0.0708. The zero-order valence-electron chi connectivity index (χ0n) is 16.4. The third-order valence-electron chi connectivity index (χ3n) is 4.32. The van der Waals surface area contributed by atoms with Gasteiger partial charge in [0.1, 0.15) is 0 Å². The Morgan fingerprint density at radius 1 is 1.26 bits per heavy atom. The van der Waals surface area contributed by atoms with Crippen molar-refractivity contribution in [2.24, 2.45) is 0 Å². The summed E-state index contributed by atoms with van der Waals surface area (Å²) >= 11 is 8.67. The second kappa shape index (κ2) is 8.73. The molecule has 2 aromatic heterocycles. The summed E-state index contributed by atoms with van der Waals surface area (Å²) in [5.41, 5.74) is 0.899. The highest BCUT2D eigenvalue weighted by atomic mass is 35.5. The molecule has 3 aromatic rings. The van der Waals surface area contributed by atoms with E-state index in [0.717, 1.165) is 9.31 Å². The molecule has 7 nitrogen and oxygen atoms in total. The van der Waals surface area contributed by atoms with Gasteiger partial charge in [-0.25, -0.2) is 23.6 Å². The average molecular weight is 498 g/mol. The number of thioether (sulfide) groups is 1. The van der Waals surface area contributed by atoms with Gasteiger partial charge in [0.15, 0.2) is 5.82 Å². The standard InChI is InChI=1S/C19H17ClFN5O2S3/c1-11(2)18-24-16(17(30-18)14-6-7-22-19(20)23-14)12-4-3-5-13(15(12)21)25-31(27,28)26-8-9-29-10-26/h3-9,11,25H,10H2,1-2H3. The summed E-state index contributed by atoms with van der Waals surface area (Å²) in [6.45, 7) is 3.98. The number of thiazole rings is 1. The van der Waals surface area contributed by atoms with Gasteiger partial charge in [0.05, 0.1) is 32.8 Å². The highest BCUT2D eigenvalue weighted by Gasteiger charge is 2.25. The van der Waals surface area contributed by atoms with E-state index in [1.54, 1.807) is 23.6 Å². The summed E-state index contributed by atoms with van der Waals surface area (Å²) < 4.78 is 44.1. The number of aromatic nitrogens is 3. The molecule has 3 heterocycles. The fourth-order valence-corrected chi connectivity index (χ4v) is 6.15.